The van der Waals surface area contributed by atoms with E-state index in [0.717, 1.165) is 24.6 Å². The summed E-state index contributed by atoms with van der Waals surface area (Å²) in [5, 5.41) is 0. The molecule has 1 heterocycles. The van der Waals surface area contributed by atoms with Gasteiger partial charge in [0.1, 0.15) is 11.6 Å². The quantitative estimate of drug-likeness (QED) is 0.149. The van der Waals surface area contributed by atoms with Crippen molar-refractivity contribution in [3.8, 4) is 5.75 Å². The molecule has 1 aliphatic rings. The lowest BCUT2D eigenvalue weighted by Crippen LogP contribution is -2.20. The van der Waals surface area contributed by atoms with E-state index in [-0.39, 0.29) is 0 Å². The molecule has 0 unspecified atom stereocenters. The van der Waals surface area contributed by atoms with Gasteiger partial charge in [-0.05, 0) is 80.5 Å². The Kier molecular flexibility index (Phi) is 16.3. The van der Waals surface area contributed by atoms with Crippen molar-refractivity contribution in [2.45, 2.75) is 155 Å². The number of nitrogens with zero attached hydrogens (tertiary/aromatic N) is 2. The zero-order valence-corrected chi connectivity index (χ0v) is 25.5. The third-order valence-corrected chi connectivity index (χ3v) is 8.73. The first-order chi connectivity index (χ1) is 19.3. The molecule has 0 spiro atoms. The lowest BCUT2D eigenvalue weighted by molar-refractivity contribution is 0.198. The van der Waals surface area contributed by atoms with Crippen molar-refractivity contribution in [1.82, 2.24) is 9.97 Å². The SMILES string of the molecule is CCCCCCCCCCc1ccc(OC[C@H]2CC[C@H](c3ncc(CCCCCCCCC)cn3)CC2)cc1. The van der Waals surface area contributed by atoms with Crippen molar-refractivity contribution < 1.29 is 4.74 Å². The van der Waals surface area contributed by atoms with Crippen LogP contribution in [0.5, 0.6) is 5.75 Å². The molecule has 1 aliphatic carbocycles. The van der Waals surface area contributed by atoms with Crippen molar-refractivity contribution in [3.63, 3.8) is 0 Å². The summed E-state index contributed by atoms with van der Waals surface area (Å²) in [6, 6.07) is 8.88. The van der Waals surface area contributed by atoms with Crippen molar-refractivity contribution in [2.24, 2.45) is 5.92 Å². The molecule has 0 amide bonds. The van der Waals surface area contributed by atoms with Gasteiger partial charge in [0.25, 0.3) is 0 Å². The number of benzene rings is 1. The van der Waals surface area contributed by atoms with Crippen LogP contribution >= 0.6 is 0 Å². The normalized spacial score (nSPS) is 17.4. The van der Waals surface area contributed by atoms with Gasteiger partial charge >= 0.3 is 0 Å². The lowest BCUT2D eigenvalue weighted by Gasteiger charge is -2.27. The Hall–Kier alpha value is -1.90. The van der Waals surface area contributed by atoms with Crippen molar-refractivity contribution >= 4 is 0 Å². The molecule has 1 saturated carbocycles. The highest BCUT2D eigenvalue weighted by molar-refractivity contribution is 5.27. The maximum absolute atomic E-state index is 6.19. The average Bonchev–Trinajstić information content (AvgIpc) is 2.98. The van der Waals surface area contributed by atoms with E-state index in [2.05, 4.69) is 50.5 Å². The summed E-state index contributed by atoms with van der Waals surface area (Å²) in [6.07, 6.45) is 31.8. The number of aromatic nitrogens is 2. The first kappa shape index (κ1) is 31.6. The third kappa shape index (κ3) is 13.3. The zero-order valence-electron chi connectivity index (χ0n) is 25.5. The van der Waals surface area contributed by atoms with Crippen molar-refractivity contribution in [2.75, 3.05) is 6.61 Å². The van der Waals surface area contributed by atoms with Crippen LogP contribution in [0.3, 0.4) is 0 Å². The van der Waals surface area contributed by atoms with E-state index < -0.39 is 0 Å². The van der Waals surface area contributed by atoms with E-state index >= 15 is 0 Å². The second-order valence-corrected chi connectivity index (χ2v) is 12.2. The topological polar surface area (TPSA) is 35.0 Å². The van der Waals surface area contributed by atoms with Crippen LogP contribution < -0.4 is 4.74 Å². The average molecular weight is 535 g/mol. The molecule has 218 valence electrons. The number of ether oxygens (including phenoxy) is 1. The molecule has 1 aromatic heterocycles. The van der Waals surface area contributed by atoms with E-state index in [0.29, 0.717) is 11.8 Å². The minimum absolute atomic E-state index is 0.518. The predicted molar refractivity (Wildman–Crippen MR) is 167 cm³/mol. The fourth-order valence-corrected chi connectivity index (χ4v) is 6.01. The fourth-order valence-electron chi connectivity index (χ4n) is 6.01. The van der Waals surface area contributed by atoms with Gasteiger partial charge in [0.15, 0.2) is 0 Å². The minimum atomic E-state index is 0.518. The number of hydrogen-bond acceptors (Lipinski definition) is 3. The molecule has 3 heteroatoms. The summed E-state index contributed by atoms with van der Waals surface area (Å²) < 4.78 is 6.19. The Morgan fingerprint density at radius 3 is 1.62 bits per heavy atom. The summed E-state index contributed by atoms with van der Waals surface area (Å²) in [6.45, 7) is 5.40. The second kappa shape index (κ2) is 20.0. The molecule has 0 bridgehead atoms. The molecule has 0 radical (unpaired) electrons. The molecule has 1 fully saturated rings. The molecule has 0 atom stereocenters. The van der Waals surface area contributed by atoms with Crippen LogP contribution in [-0.4, -0.2) is 16.6 Å². The molecule has 0 aliphatic heterocycles. The lowest BCUT2D eigenvalue weighted by atomic mass is 9.82. The summed E-state index contributed by atoms with van der Waals surface area (Å²) in [5.74, 6) is 3.25. The fraction of sp³-hybridized carbons (Fsp3) is 0.722. The van der Waals surface area contributed by atoms with E-state index in [4.69, 9.17) is 14.7 Å². The number of rotatable bonds is 21. The molecule has 1 aromatic carbocycles. The third-order valence-electron chi connectivity index (χ3n) is 8.73. The summed E-state index contributed by atoms with van der Waals surface area (Å²) in [4.78, 5) is 9.55. The maximum Gasteiger partial charge on any atom is 0.131 e. The van der Waals surface area contributed by atoms with Gasteiger partial charge in [0.05, 0.1) is 6.61 Å². The number of aryl methyl sites for hydroxylation is 2. The van der Waals surface area contributed by atoms with E-state index in [9.17, 15) is 0 Å². The minimum Gasteiger partial charge on any atom is -0.493 e. The molecule has 2 aromatic rings. The Morgan fingerprint density at radius 2 is 1.08 bits per heavy atom. The first-order valence-electron chi connectivity index (χ1n) is 16.8. The highest BCUT2D eigenvalue weighted by Gasteiger charge is 2.24. The van der Waals surface area contributed by atoms with Crippen LogP contribution in [0, 0.1) is 5.92 Å². The Bertz CT molecular complexity index is 839. The van der Waals surface area contributed by atoms with Gasteiger partial charge in [-0.15, -0.1) is 0 Å². The summed E-state index contributed by atoms with van der Waals surface area (Å²) in [5.41, 5.74) is 2.75. The van der Waals surface area contributed by atoms with E-state index in [1.807, 2.05) is 0 Å². The predicted octanol–water partition coefficient (Wildman–Crippen LogP) is 10.8. The number of unbranched alkanes of at least 4 members (excludes halogenated alkanes) is 13. The standard InChI is InChI=1S/C36H58N2O/c1-3-5-7-9-11-13-14-16-18-31-22-26-35(27-23-31)39-30-32-20-24-34(25-21-32)36-37-28-33(29-38-36)19-17-15-12-10-8-6-4-2/h22-23,26-29,32,34H,3-21,24-25,30H2,1-2H3/t32-,34-. The molecule has 39 heavy (non-hydrogen) atoms. The Morgan fingerprint density at radius 1 is 0.590 bits per heavy atom. The van der Waals surface area contributed by atoms with E-state index in [1.54, 1.807) is 0 Å². The molecule has 3 rings (SSSR count). The van der Waals surface area contributed by atoms with Crippen LogP contribution in [0.15, 0.2) is 36.7 Å². The molecular weight excluding hydrogens is 476 g/mol. The van der Waals surface area contributed by atoms with Crippen LogP contribution in [0.1, 0.15) is 159 Å². The maximum atomic E-state index is 6.19. The monoisotopic (exact) mass is 534 g/mol. The van der Waals surface area contributed by atoms with Gasteiger partial charge in [0.2, 0.25) is 0 Å². The highest BCUT2D eigenvalue weighted by Crippen LogP contribution is 2.34. The summed E-state index contributed by atoms with van der Waals surface area (Å²) >= 11 is 0. The first-order valence-corrected chi connectivity index (χ1v) is 16.8. The largest absolute Gasteiger partial charge is 0.493 e. The molecule has 0 saturated heterocycles. The molecule has 3 nitrogen and oxygen atoms in total. The van der Waals surface area contributed by atoms with Gasteiger partial charge in [-0.2, -0.15) is 0 Å². The van der Waals surface area contributed by atoms with E-state index in [1.165, 1.54) is 140 Å². The van der Waals surface area contributed by atoms with Gasteiger partial charge < -0.3 is 4.74 Å². The van der Waals surface area contributed by atoms with Crippen molar-refractivity contribution in [1.29, 1.82) is 0 Å². The second-order valence-electron chi connectivity index (χ2n) is 12.2. The van der Waals surface area contributed by atoms with Crippen LogP contribution in [0.2, 0.25) is 0 Å². The smallest absolute Gasteiger partial charge is 0.131 e. The Labute approximate surface area is 241 Å². The highest BCUT2D eigenvalue weighted by atomic mass is 16.5. The molecule has 0 N–H and O–H groups in total. The van der Waals surface area contributed by atoms with Gasteiger partial charge in [-0.1, -0.05) is 109 Å². The van der Waals surface area contributed by atoms with Gasteiger partial charge in [-0.3, -0.25) is 0 Å². The van der Waals surface area contributed by atoms with Crippen LogP contribution in [0.25, 0.3) is 0 Å². The van der Waals surface area contributed by atoms with Crippen LogP contribution in [-0.2, 0) is 12.8 Å². The number of hydrogen-bond donors (Lipinski definition) is 0. The van der Waals surface area contributed by atoms with Gasteiger partial charge in [-0.25, -0.2) is 9.97 Å². The Balaban J connectivity index is 1.24. The zero-order chi connectivity index (χ0) is 27.4. The molecular formula is C36H58N2O. The van der Waals surface area contributed by atoms with Crippen molar-refractivity contribution in [3.05, 3.63) is 53.6 Å². The van der Waals surface area contributed by atoms with Crippen LogP contribution in [0.4, 0.5) is 0 Å². The summed E-state index contributed by atoms with van der Waals surface area (Å²) in [7, 11) is 0. The van der Waals surface area contributed by atoms with Gasteiger partial charge in [0, 0.05) is 18.3 Å².